The molecule has 84 valence electrons. The summed E-state index contributed by atoms with van der Waals surface area (Å²) in [5.74, 6) is 0. The van der Waals surface area contributed by atoms with E-state index in [9.17, 15) is 0 Å². The Bertz CT molecular complexity index is 150. The van der Waals surface area contributed by atoms with Crippen LogP contribution in [-0.4, -0.2) is 29.6 Å². The predicted octanol–water partition coefficient (Wildman–Crippen LogP) is 2.38. The lowest BCUT2D eigenvalue weighted by Gasteiger charge is -2.41. The Morgan fingerprint density at radius 2 is 1.71 bits per heavy atom. The van der Waals surface area contributed by atoms with Crippen molar-refractivity contribution in [1.82, 2.24) is 4.90 Å². The van der Waals surface area contributed by atoms with Crippen LogP contribution in [0.4, 0.5) is 0 Å². The minimum atomic E-state index is 0.540. The van der Waals surface area contributed by atoms with Crippen molar-refractivity contribution in [3.05, 3.63) is 0 Å². The zero-order valence-corrected chi connectivity index (χ0v) is 10.00. The van der Waals surface area contributed by atoms with Gasteiger partial charge in [-0.05, 0) is 33.6 Å². The molecule has 0 saturated heterocycles. The highest BCUT2D eigenvalue weighted by Gasteiger charge is 2.26. The van der Waals surface area contributed by atoms with E-state index in [1.165, 1.54) is 32.1 Å². The van der Waals surface area contributed by atoms with Gasteiger partial charge in [0.05, 0.1) is 0 Å². The molecule has 1 atom stereocenters. The van der Waals surface area contributed by atoms with Gasteiger partial charge in [-0.25, -0.2) is 0 Å². The zero-order valence-electron chi connectivity index (χ0n) is 10.00. The van der Waals surface area contributed by atoms with Crippen LogP contribution in [0.25, 0.3) is 0 Å². The van der Waals surface area contributed by atoms with Crippen molar-refractivity contribution >= 4 is 0 Å². The van der Waals surface area contributed by atoms with Gasteiger partial charge < -0.3 is 5.73 Å². The van der Waals surface area contributed by atoms with Gasteiger partial charge in [-0.2, -0.15) is 0 Å². The van der Waals surface area contributed by atoms with E-state index in [-0.39, 0.29) is 0 Å². The molecule has 0 aromatic heterocycles. The Labute approximate surface area is 88.8 Å². The SMILES string of the molecule is CC(C)N(C(C)CN)C1CCCCC1. The Morgan fingerprint density at radius 3 is 2.14 bits per heavy atom. The van der Waals surface area contributed by atoms with E-state index < -0.39 is 0 Å². The molecule has 1 rings (SSSR count). The second-order valence-electron chi connectivity index (χ2n) is 4.92. The summed E-state index contributed by atoms with van der Waals surface area (Å²) < 4.78 is 0. The van der Waals surface area contributed by atoms with Gasteiger partial charge in [-0.1, -0.05) is 19.3 Å². The second-order valence-corrected chi connectivity index (χ2v) is 4.92. The number of hydrogen-bond acceptors (Lipinski definition) is 2. The molecule has 2 N–H and O–H groups in total. The maximum Gasteiger partial charge on any atom is 0.0195 e. The Kier molecular flexibility index (Phi) is 4.90. The van der Waals surface area contributed by atoms with Gasteiger partial charge in [0, 0.05) is 24.7 Å². The summed E-state index contributed by atoms with van der Waals surface area (Å²) in [4.78, 5) is 2.62. The first-order valence-corrected chi connectivity index (χ1v) is 6.14. The van der Waals surface area contributed by atoms with Gasteiger partial charge in [-0.3, -0.25) is 4.90 Å². The molecule has 1 aliphatic carbocycles. The Hall–Kier alpha value is -0.0800. The summed E-state index contributed by atoms with van der Waals surface area (Å²) in [6.45, 7) is 7.63. The molecule has 0 spiro atoms. The maximum atomic E-state index is 5.78. The summed E-state index contributed by atoms with van der Waals surface area (Å²) >= 11 is 0. The van der Waals surface area contributed by atoms with Crippen molar-refractivity contribution in [3.8, 4) is 0 Å². The van der Waals surface area contributed by atoms with Crippen LogP contribution in [0.1, 0.15) is 52.9 Å². The Morgan fingerprint density at radius 1 is 1.14 bits per heavy atom. The first-order chi connectivity index (χ1) is 6.66. The third-order valence-electron chi connectivity index (χ3n) is 3.44. The van der Waals surface area contributed by atoms with Crippen molar-refractivity contribution < 1.29 is 0 Å². The third kappa shape index (κ3) is 2.96. The van der Waals surface area contributed by atoms with Gasteiger partial charge in [0.15, 0.2) is 0 Å². The van der Waals surface area contributed by atoms with Crippen LogP contribution >= 0.6 is 0 Å². The highest BCUT2D eigenvalue weighted by molar-refractivity contribution is 4.82. The lowest BCUT2D eigenvalue weighted by atomic mass is 9.92. The van der Waals surface area contributed by atoms with Crippen LogP contribution in [0.15, 0.2) is 0 Å². The highest BCUT2D eigenvalue weighted by atomic mass is 15.2. The van der Waals surface area contributed by atoms with Gasteiger partial charge in [0.2, 0.25) is 0 Å². The van der Waals surface area contributed by atoms with E-state index in [1.807, 2.05) is 0 Å². The molecular weight excluding hydrogens is 172 g/mol. The van der Waals surface area contributed by atoms with Crippen LogP contribution < -0.4 is 5.73 Å². The fraction of sp³-hybridized carbons (Fsp3) is 1.00. The Balaban J connectivity index is 2.56. The van der Waals surface area contributed by atoms with Gasteiger partial charge in [0.25, 0.3) is 0 Å². The average molecular weight is 198 g/mol. The predicted molar refractivity (Wildman–Crippen MR) is 62.4 cm³/mol. The molecule has 1 fully saturated rings. The smallest absolute Gasteiger partial charge is 0.0195 e. The molecule has 0 aromatic carbocycles. The van der Waals surface area contributed by atoms with Crippen LogP contribution in [0, 0.1) is 0 Å². The lowest BCUT2D eigenvalue weighted by molar-refractivity contribution is 0.0819. The molecule has 1 unspecified atom stereocenters. The van der Waals surface area contributed by atoms with E-state index in [0.29, 0.717) is 12.1 Å². The monoisotopic (exact) mass is 198 g/mol. The largest absolute Gasteiger partial charge is 0.329 e. The van der Waals surface area contributed by atoms with Gasteiger partial charge >= 0.3 is 0 Å². The number of rotatable bonds is 4. The first-order valence-electron chi connectivity index (χ1n) is 6.14. The lowest BCUT2D eigenvalue weighted by Crippen LogP contribution is -2.49. The average Bonchev–Trinajstić information content (AvgIpc) is 2.19. The molecule has 14 heavy (non-hydrogen) atoms. The van der Waals surface area contributed by atoms with Gasteiger partial charge in [0.1, 0.15) is 0 Å². The standard InChI is InChI=1S/C12H26N2/c1-10(2)14(11(3)9-13)12-7-5-4-6-8-12/h10-12H,4-9,13H2,1-3H3. The summed E-state index contributed by atoms with van der Waals surface area (Å²) in [5, 5.41) is 0. The third-order valence-corrected chi connectivity index (χ3v) is 3.44. The summed E-state index contributed by atoms with van der Waals surface area (Å²) in [5.41, 5.74) is 5.78. The van der Waals surface area contributed by atoms with Crippen molar-refractivity contribution in [2.75, 3.05) is 6.54 Å². The van der Waals surface area contributed by atoms with E-state index >= 15 is 0 Å². The molecule has 1 aliphatic rings. The molecule has 2 heteroatoms. The normalized spacial score (nSPS) is 21.9. The van der Waals surface area contributed by atoms with E-state index in [4.69, 9.17) is 5.73 Å². The second kappa shape index (κ2) is 5.72. The molecule has 0 bridgehead atoms. The van der Waals surface area contributed by atoms with Crippen LogP contribution in [0.2, 0.25) is 0 Å². The number of nitrogens with zero attached hydrogens (tertiary/aromatic N) is 1. The fourth-order valence-corrected chi connectivity index (χ4v) is 2.79. The maximum absolute atomic E-state index is 5.78. The fourth-order valence-electron chi connectivity index (χ4n) is 2.79. The zero-order chi connectivity index (χ0) is 10.6. The number of hydrogen-bond donors (Lipinski definition) is 1. The molecule has 0 amide bonds. The molecule has 0 aromatic rings. The summed E-state index contributed by atoms with van der Waals surface area (Å²) in [7, 11) is 0. The van der Waals surface area contributed by atoms with Crippen molar-refractivity contribution in [2.45, 2.75) is 71.0 Å². The molecule has 0 aliphatic heterocycles. The van der Waals surface area contributed by atoms with E-state index in [1.54, 1.807) is 0 Å². The van der Waals surface area contributed by atoms with Crippen molar-refractivity contribution in [3.63, 3.8) is 0 Å². The van der Waals surface area contributed by atoms with Crippen molar-refractivity contribution in [2.24, 2.45) is 5.73 Å². The summed E-state index contributed by atoms with van der Waals surface area (Å²) in [6, 6.07) is 1.97. The molecule has 0 heterocycles. The van der Waals surface area contributed by atoms with Crippen molar-refractivity contribution in [1.29, 1.82) is 0 Å². The molecular formula is C12H26N2. The molecule has 2 nitrogen and oxygen atoms in total. The van der Waals surface area contributed by atoms with Crippen LogP contribution in [0.3, 0.4) is 0 Å². The van der Waals surface area contributed by atoms with Crippen LogP contribution in [-0.2, 0) is 0 Å². The first kappa shape index (κ1) is 12.0. The van der Waals surface area contributed by atoms with E-state index in [2.05, 4.69) is 25.7 Å². The minimum absolute atomic E-state index is 0.540. The van der Waals surface area contributed by atoms with Gasteiger partial charge in [-0.15, -0.1) is 0 Å². The highest BCUT2D eigenvalue weighted by Crippen LogP contribution is 2.25. The minimum Gasteiger partial charge on any atom is -0.329 e. The quantitative estimate of drug-likeness (QED) is 0.751. The molecule has 0 radical (unpaired) electrons. The van der Waals surface area contributed by atoms with Crippen LogP contribution in [0.5, 0.6) is 0 Å². The number of nitrogens with two attached hydrogens (primary N) is 1. The molecule has 1 saturated carbocycles. The summed E-state index contributed by atoms with van der Waals surface area (Å²) in [6.07, 6.45) is 7.00. The van der Waals surface area contributed by atoms with E-state index in [0.717, 1.165) is 12.6 Å². The topological polar surface area (TPSA) is 29.3 Å².